The van der Waals surface area contributed by atoms with Crippen LogP contribution in [0.3, 0.4) is 0 Å². The van der Waals surface area contributed by atoms with Gasteiger partial charge in [-0.1, -0.05) is 54.6 Å². The Morgan fingerprint density at radius 2 is 1.69 bits per heavy atom. The summed E-state index contributed by atoms with van der Waals surface area (Å²) in [6, 6.07) is 19.2. The fourth-order valence-electron chi connectivity index (χ4n) is 5.31. The third-order valence-corrected chi connectivity index (χ3v) is 7.17. The van der Waals surface area contributed by atoms with E-state index < -0.39 is 11.5 Å². The summed E-state index contributed by atoms with van der Waals surface area (Å²) in [6.45, 7) is 0. The molecule has 35 heavy (non-hydrogen) atoms. The Morgan fingerprint density at radius 1 is 1.00 bits per heavy atom. The van der Waals surface area contributed by atoms with Crippen LogP contribution in [0.1, 0.15) is 50.5 Å². The number of benzene rings is 2. The maximum atomic E-state index is 13.4. The highest BCUT2D eigenvalue weighted by atomic mass is 19.3. The number of carbonyl (C=O) groups excluding carboxylic acids is 1. The Kier molecular flexibility index (Phi) is 6.41. The van der Waals surface area contributed by atoms with E-state index in [2.05, 4.69) is 11.7 Å². The summed E-state index contributed by atoms with van der Waals surface area (Å²) >= 11 is 0. The van der Waals surface area contributed by atoms with E-state index in [1.807, 2.05) is 60.7 Å². The first kappa shape index (κ1) is 23.6. The van der Waals surface area contributed by atoms with E-state index in [9.17, 15) is 13.6 Å². The monoisotopic (exact) mass is 474 g/mol. The van der Waals surface area contributed by atoms with Gasteiger partial charge in [0.2, 0.25) is 5.91 Å². The van der Waals surface area contributed by atoms with Gasteiger partial charge in [0.15, 0.2) is 0 Å². The summed E-state index contributed by atoms with van der Waals surface area (Å²) in [5, 5.41) is 3.03. The highest BCUT2D eigenvalue weighted by Crippen LogP contribution is 2.50. The molecule has 6 heteroatoms. The summed E-state index contributed by atoms with van der Waals surface area (Å²) < 4.78 is 26.9. The molecule has 2 aliphatic carbocycles. The van der Waals surface area contributed by atoms with Crippen LogP contribution in [0.4, 0.5) is 14.5 Å². The van der Waals surface area contributed by atoms with Crippen molar-refractivity contribution in [3.63, 3.8) is 0 Å². The normalized spacial score (nSPS) is 19.1. The maximum absolute atomic E-state index is 13.4. The molecule has 2 aliphatic rings. The summed E-state index contributed by atoms with van der Waals surface area (Å²) in [5.74, 6) is -2.24. The molecule has 0 bridgehead atoms. The van der Waals surface area contributed by atoms with Gasteiger partial charge in [-0.2, -0.15) is 0 Å². The molecule has 3 N–H and O–H groups in total. The number of hydrogen-bond donors (Lipinski definition) is 2. The molecule has 181 valence electrons. The minimum absolute atomic E-state index is 0.0142. The average molecular weight is 475 g/mol. The summed E-state index contributed by atoms with van der Waals surface area (Å²) in [7, 11) is 0. The topological polar surface area (TPSA) is 68.0 Å². The van der Waals surface area contributed by atoms with Gasteiger partial charge in [-0.25, -0.2) is 8.78 Å². The zero-order valence-corrected chi connectivity index (χ0v) is 19.6. The van der Waals surface area contributed by atoms with Gasteiger partial charge in [0, 0.05) is 30.4 Å². The first-order chi connectivity index (χ1) is 16.8. The molecule has 0 atom stereocenters. The Balaban J connectivity index is 1.40. The molecule has 2 aromatic carbocycles. The molecule has 1 amide bonds. The van der Waals surface area contributed by atoms with Crippen molar-refractivity contribution in [3.8, 4) is 22.4 Å². The third-order valence-electron chi connectivity index (χ3n) is 7.17. The van der Waals surface area contributed by atoms with E-state index in [1.54, 1.807) is 6.20 Å². The van der Waals surface area contributed by atoms with E-state index in [0.717, 1.165) is 48.1 Å². The van der Waals surface area contributed by atoms with Gasteiger partial charge in [0.1, 0.15) is 0 Å². The Bertz CT molecular complexity index is 1180. The minimum Gasteiger partial charge on any atom is -0.325 e. The lowest BCUT2D eigenvalue weighted by atomic mass is 9.70. The number of amides is 1. The molecular formula is C29H30F2N3O. The SMILES string of the molecule is NC1(c2ccc(-c3ncc(NC(=O)CC4CC[CH]CC4)cc3-c3ccccc3)cc2)CC(F)(F)C1. The van der Waals surface area contributed by atoms with Crippen LogP contribution >= 0.6 is 0 Å². The lowest BCUT2D eigenvalue weighted by Crippen LogP contribution is -2.55. The number of aromatic nitrogens is 1. The van der Waals surface area contributed by atoms with Crippen LogP contribution < -0.4 is 11.1 Å². The number of halogens is 2. The van der Waals surface area contributed by atoms with E-state index in [4.69, 9.17) is 10.7 Å². The minimum atomic E-state index is -2.69. The highest BCUT2D eigenvalue weighted by molar-refractivity contribution is 5.93. The predicted molar refractivity (Wildman–Crippen MR) is 135 cm³/mol. The van der Waals surface area contributed by atoms with E-state index >= 15 is 0 Å². The molecule has 5 rings (SSSR count). The standard InChI is InChI=1S/C29H30F2N3O/c30-29(31)18-28(32,19-29)23-13-11-22(12-14-23)27-25(21-9-5-2-6-10-21)16-24(17-33-27)34-26(35)15-20-7-3-1-4-8-20/h1-2,5-6,9-14,16-17,20H,3-4,7-8,15,18-19,32H2,(H,34,35). The van der Waals surface area contributed by atoms with Crippen LogP contribution in [-0.4, -0.2) is 16.8 Å². The number of nitrogens with two attached hydrogens (primary N) is 1. The van der Waals surface area contributed by atoms with Crippen molar-refractivity contribution in [1.82, 2.24) is 4.98 Å². The number of hydrogen-bond acceptors (Lipinski definition) is 3. The van der Waals surface area contributed by atoms with Crippen LogP contribution in [0.25, 0.3) is 22.4 Å². The largest absolute Gasteiger partial charge is 0.325 e. The van der Waals surface area contributed by atoms with E-state index in [0.29, 0.717) is 23.6 Å². The van der Waals surface area contributed by atoms with Gasteiger partial charge in [0.25, 0.3) is 5.92 Å². The number of pyridine rings is 1. The van der Waals surface area contributed by atoms with E-state index in [1.165, 1.54) is 0 Å². The van der Waals surface area contributed by atoms with Crippen molar-refractivity contribution in [3.05, 3.63) is 78.8 Å². The molecule has 2 fully saturated rings. The molecule has 0 saturated heterocycles. The number of nitrogens with one attached hydrogen (secondary N) is 1. The highest BCUT2D eigenvalue weighted by Gasteiger charge is 2.55. The molecule has 1 heterocycles. The number of rotatable bonds is 6. The smallest absolute Gasteiger partial charge is 0.252 e. The van der Waals surface area contributed by atoms with Crippen molar-refractivity contribution in [2.75, 3.05) is 5.32 Å². The van der Waals surface area contributed by atoms with E-state index in [-0.39, 0.29) is 18.7 Å². The van der Waals surface area contributed by atoms with Crippen LogP contribution in [0.5, 0.6) is 0 Å². The zero-order valence-electron chi connectivity index (χ0n) is 19.6. The fourth-order valence-corrected chi connectivity index (χ4v) is 5.31. The van der Waals surface area contributed by atoms with Gasteiger partial charge in [-0.3, -0.25) is 9.78 Å². The molecule has 4 nitrogen and oxygen atoms in total. The number of alkyl halides is 2. The fraction of sp³-hybridized carbons (Fsp3) is 0.345. The van der Waals surface area contributed by atoms with Crippen molar-refractivity contribution in [2.24, 2.45) is 11.7 Å². The average Bonchev–Trinajstić information content (AvgIpc) is 2.84. The maximum Gasteiger partial charge on any atom is 0.252 e. The summed E-state index contributed by atoms with van der Waals surface area (Å²) in [6.07, 6.45) is 8.13. The van der Waals surface area contributed by atoms with Gasteiger partial charge in [-0.15, -0.1) is 0 Å². The zero-order chi connectivity index (χ0) is 24.5. The first-order valence-corrected chi connectivity index (χ1v) is 12.3. The van der Waals surface area contributed by atoms with Crippen molar-refractivity contribution >= 4 is 11.6 Å². The predicted octanol–water partition coefficient (Wildman–Crippen LogP) is 6.72. The van der Waals surface area contributed by atoms with Gasteiger partial charge < -0.3 is 11.1 Å². The summed E-state index contributed by atoms with van der Waals surface area (Å²) in [5.41, 5.74) is 10.1. The Hall–Kier alpha value is -3.12. The lowest BCUT2D eigenvalue weighted by Gasteiger charge is -2.44. The molecule has 0 unspecified atom stereocenters. The molecule has 0 aliphatic heterocycles. The van der Waals surface area contributed by atoms with Crippen LogP contribution in [0.2, 0.25) is 0 Å². The second-order valence-corrected chi connectivity index (χ2v) is 9.99. The third kappa shape index (κ3) is 5.27. The quantitative estimate of drug-likeness (QED) is 0.417. The molecule has 2 saturated carbocycles. The molecular weight excluding hydrogens is 444 g/mol. The molecule has 1 aromatic heterocycles. The van der Waals surface area contributed by atoms with Crippen molar-refractivity contribution in [1.29, 1.82) is 0 Å². The Labute approximate surface area is 205 Å². The van der Waals surface area contributed by atoms with Gasteiger partial charge in [-0.05, 0) is 55.2 Å². The lowest BCUT2D eigenvalue weighted by molar-refractivity contribution is -0.125. The first-order valence-electron chi connectivity index (χ1n) is 12.3. The Morgan fingerprint density at radius 3 is 2.34 bits per heavy atom. The number of carbonyl (C=O) groups is 1. The summed E-state index contributed by atoms with van der Waals surface area (Å²) in [4.78, 5) is 17.4. The molecule has 3 aromatic rings. The van der Waals surface area contributed by atoms with Gasteiger partial charge in [0.05, 0.1) is 23.1 Å². The van der Waals surface area contributed by atoms with Crippen molar-refractivity contribution in [2.45, 2.75) is 56.4 Å². The van der Waals surface area contributed by atoms with Crippen LogP contribution in [0, 0.1) is 12.3 Å². The second-order valence-electron chi connectivity index (χ2n) is 9.99. The second kappa shape index (κ2) is 9.50. The van der Waals surface area contributed by atoms with Gasteiger partial charge >= 0.3 is 0 Å². The van der Waals surface area contributed by atoms with Crippen LogP contribution in [-0.2, 0) is 10.3 Å². The molecule has 0 spiro atoms. The number of nitrogens with zero attached hydrogens (tertiary/aromatic N) is 1. The van der Waals surface area contributed by atoms with Crippen molar-refractivity contribution < 1.29 is 13.6 Å². The molecule has 1 radical (unpaired) electrons. The van der Waals surface area contributed by atoms with Crippen LogP contribution in [0.15, 0.2) is 66.9 Å². The number of anilines is 1.